The molecule has 0 aliphatic heterocycles. The number of anilines is 1. The Kier molecular flexibility index (Phi) is 2.41. The Morgan fingerprint density at radius 1 is 1.54 bits per heavy atom. The van der Waals surface area contributed by atoms with E-state index in [1.165, 1.54) is 18.2 Å². The molecule has 0 fully saturated rings. The maximum atomic E-state index is 10.9. The summed E-state index contributed by atoms with van der Waals surface area (Å²) in [6.07, 6.45) is 0.201. The first-order valence-electron chi connectivity index (χ1n) is 3.48. The van der Waals surface area contributed by atoms with Crippen molar-refractivity contribution >= 4 is 17.8 Å². The predicted octanol–water partition coefficient (Wildman–Crippen LogP) is 0.522. The fourth-order valence-electron chi connectivity index (χ4n) is 0.874. The van der Waals surface area contributed by atoms with Gasteiger partial charge in [-0.15, -0.1) is 0 Å². The Morgan fingerprint density at radius 2 is 2.23 bits per heavy atom. The van der Waals surface area contributed by atoms with E-state index in [4.69, 9.17) is 11.0 Å². The monoisotopic (exact) mass is 174 g/mol. The first-order chi connectivity index (χ1) is 6.19. The third kappa shape index (κ3) is 1.71. The van der Waals surface area contributed by atoms with Crippen molar-refractivity contribution in [2.45, 2.75) is 0 Å². The van der Waals surface area contributed by atoms with Crippen LogP contribution < -0.4 is 5.73 Å². The standard InChI is InChI=1S/C9H6N2O2/c10-4-7-3-6(9(13)5-12)1-2-8(7)11/h1-3,5H,11H2. The minimum Gasteiger partial charge on any atom is -0.398 e. The van der Waals surface area contributed by atoms with Crippen LogP contribution >= 0.6 is 0 Å². The summed E-state index contributed by atoms with van der Waals surface area (Å²) in [5, 5.41) is 8.57. The van der Waals surface area contributed by atoms with Crippen LogP contribution in [0.4, 0.5) is 5.69 Å². The fourth-order valence-corrected chi connectivity index (χ4v) is 0.874. The van der Waals surface area contributed by atoms with Gasteiger partial charge in [-0.2, -0.15) is 5.26 Å². The number of rotatable bonds is 2. The van der Waals surface area contributed by atoms with E-state index in [1.54, 1.807) is 0 Å². The van der Waals surface area contributed by atoms with Gasteiger partial charge in [-0.1, -0.05) is 0 Å². The van der Waals surface area contributed by atoms with Gasteiger partial charge < -0.3 is 5.73 Å². The number of carbonyl (C=O) groups excluding carboxylic acids is 2. The van der Waals surface area contributed by atoms with Crippen molar-refractivity contribution in [3.63, 3.8) is 0 Å². The van der Waals surface area contributed by atoms with Crippen molar-refractivity contribution < 1.29 is 9.59 Å². The van der Waals surface area contributed by atoms with Crippen molar-refractivity contribution in [1.29, 1.82) is 5.26 Å². The second kappa shape index (κ2) is 3.50. The number of nitrogens with two attached hydrogens (primary N) is 1. The number of nitrogens with zero attached hydrogens (tertiary/aromatic N) is 1. The zero-order valence-corrected chi connectivity index (χ0v) is 6.65. The van der Waals surface area contributed by atoms with E-state index in [1.807, 2.05) is 6.07 Å². The molecule has 4 heteroatoms. The number of aldehydes is 1. The molecule has 2 N–H and O–H groups in total. The highest BCUT2D eigenvalue weighted by Gasteiger charge is 2.06. The van der Waals surface area contributed by atoms with Gasteiger partial charge in [0.2, 0.25) is 5.78 Å². The van der Waals surface area contributed by atoms with Crippen LogP contribution in [0.1, 0.15) is 15.9 Å². The first-order valence-corrected chi connectivity index (χ1v) is 3.48. The number of nitriles is 1. The summed E-state index contributed by atoms with van der Waals surface area (Å²) < 4.78 is 0. The summed E-state index contributed by atoms with van der Waals surface area (Å²) in [4.78, 5) is 21.0. The van der Waals surface area contributed by atoms with Crippen molar-refractivity contribution in [2.24, 2.45) is 0 Å². The molecule has 0 atom stereocenters. The van der Waals surface area contributed by atoms with Gasteiger partial charge in [-0.25, -0.2) is 0 Å². The van der Waals surface area contributed by atoms with E-state index in [0.717, 1.165) is 0 Å². The zero-order valence-electron chi connectivity index (χ0n) is 6.65. The van der Waals surface area contributed by atoms with Gasteiger partial charge in [0.25, 0.3) is 0 Å². The van der Waals surface area contributed by atoms with Crippen LogP contribution in [-0.2, 0) is 4.79 Å². The molecular weight excluding hydrogens is 168 g/mol. The minimum atomic E-state index is -0.656. The molecule has 1 aromatic rings. The molecule has 0 aromatic heterocycles. The summed E-state index contributed by atoms with van der Waals surface area (Å²) in [6, 6.07) is 5.95. The van der Waals surface area contributed by atoms with Gasteiger partial charge in [-0.05, 0) is 18.2 Å². The molecule has 0 saturated carbocycles. The normalized spacial score (nSPS) is 8.85. The van der Waals surface area contributed by atoms with Crippen molar-refractivity contribution in [3.05, 3.63) is 29.3 Å². The molecule has 13 heavy (non-hydrogen) atoms. The average molecular weight is 174 g/mol. The number of ketones is 1. The second-order valence-electron chi connectivity index (χ2n) is 2.40. The molecule has 0 unspecified atom stereocenters. The van der Waals surface area contributed by atoms with Gasteiger partial charge >= 0.3 is 0 Å². The largest absolute Gasteiger partial charge is 0.398 e. The highest BCUT2D eigenvalue weighted by Crippen LogP contribution is 2.12. The van der Waals surface area contributed by atoms with Crippen LogP contribution in [-0.4, -0.2) is 12.1 Å². The van der Waals surface area contributed by atoms with Crippen LogP contribution in [0.25, 0.3) is 0 Å². The van der Waals surface area contributed by atoms with Crippen LogP contribution in [0, 0.1) is 11.3 Å². The van der Waals surface area contributed by atoms with E-state index >= 15 is 0 Å². The highest BCUT2D eigenvalue weighted by atomic mass is 16.2. The van der Waals surface area contributed by atoms with Crippen molar-refractivity contribution in [2.75, 3.05) is 5.73 Å². The smallest absolute Gasteiger partial charge is 0.225 e. The lowest BCUT2D eigenvalue weighted by Crippen LogP contribution is -2.01. The quantitative estimate of drug-likeness (QED) is 0.306. The maximum Gasteiger partial charge on any atom is 0.225 e. The molecule has 1 aromatic carbocycles. The second-order valence-corrected chi connectivity index (χ2v) is 2.40. The lowest BCUT2D eigenvalue weighted by molar-refractivity contribution is -0.104. The average Bonchev–Trinajstić information content (AvgIpc) is 2.17. The van der Waals surface area contributed by atoms with Gasteiger partial charge in [0.05, 0.1) is 5.56 Å². The summed E-state index contributed by atoms with van der Waals surface area (Å²) >= 11 is 0. The molecule has 0 aliphatic carbocycles. The molecule has 0 heterocycles. The van der Waals surface area contributed by atoms with Crippen LogP contribution in [0.3, 0.4) is 0 Å². The molecule has 0 amide bonds. The van der Waals surface area contributed by atoms with Gasteiger partial charge in [0.1, 0.15) is 6.07 Å². The lowest BCUT2D eigenvalue weighted by atomic mass is 10.1. The molecule has 0 bridgehead atoms. The number of hydrogen-bond acceptors (Lipinski definition) is 4. The number of nitrogen functional groups attached to an aromatic ring is 1. The molecule has 0 radical (unpaired) electrons. The van der Waals surface area contributed by atoms with E-state index in [9.17, 15) is 9.59 Å². The van der Waals surface area contributed by atoms with E-state index in [-0.39, 0.29) is 17.4 Å². The lowest BCUT2D eigenvalue weighted by Gasteiger charge is -1.98. The van der Waals surface area contributed by atoms with E-state index in [2.05, 4.69) is 0 Å². The van der Waals surface area contributed by atoms with Crippen molar-refractivity contribution in [1.82, 2.24) is 0 Å². The number of carbonyl (C=O) groups is 2. The Hall–Kier alpha value is -2.15. The van der Waals surface area contributed by atoms with Crippen LogP contribution in [0.15, 0.2) is 18.2 Å². The van der Waals surface area contributed by atoms with E-state index < -0.39 is 5.78 Å². The molecule has 1 rings (SSSR count). The Bertz CT molecular complexity index is 405. The molecule has 4 nitrogen and oxygen atoms in total. The Balaban J connectivity index is 3.23. The third-order valence-electron chi connectivity index (χ3n) is 1.57. The number of hydrogen-bond donors (Lipinski definition) is 1. The Morgan fingerprint density at radius 3 is 2.77 bits per heavy atom. The molecule has 0 saturated heterocycles. The van der Waals surface area contributed by atoms with Gasteiger partial charge in [0.15, 0.2) is 6.29 Å². The summed E-state index contributed by atoms with van der Waals surface area (Å²) in [5.74, 6) is -0.656. The summed E-state index contributed by atoms with van der Waals surface area (Å²) in [5.41, 5.74) is 6.10. The van der Waals surface area contributed by atoms with Gasteiger partial charge in [0, 0.05) is 11.3 Å². The van der Waals surface area contributed by atoms with Crippen LogP contribution in [0.2, 0.25) is 0 Å². The maximum absolute atomic E-state index is 10.9. The molecular formula is C9H6N2O2. The van der Waals surface area contributed by atoms with Gasteiger partial charge in [-0.3, -0.25) is 9.59 Å². The van der Waals surface area contributed by atoms with Crippen molar-refractivity contribution in [3.8, 4) is 6.07 Å². The highest BCUT2D eigenvalue weighted by molar-refractivity contribution is 6.33. The third-order valence-corrected chi connectivity index (χ3v) is 1.57. The number of Topliss-reactive ketones (excluding diaryl/α,β-unsaturated/α-hetero) is 1. The summed E-state index contributed by atoms with van der Waals surface area (Å²) in [6.45, 7) is 0. The fraction of sp³-hybridized carbons (Fsp3) is 0. The Labute approximate surface area is 74.6 Å². The molecule has 64 valence electrons. The molecule has 0 spiro atoms. The topological polar surface area (TPSA) is 84.0 Å². The number of benzene rings is 1. The zero-order chi connectivity index (χ0) is 9.84. The SMILES string of the molecule is N#Cc1cc(C(=O)C=O)ccc1N. The first kappa shape index (κ1) is 8.94. The molecule has 0 aliphatic rings. The predicted molar refractivity (Wildman–Crippen MR) is 46.0 cm³/mol. The van der Waals surface area contributed by atoms with Crippen LogP contribution in [0.5, 0.6) is 0 Å². The summed E-state index contributed by atoms with van der Waals surface area (Å²) in [7, 11) is 0. The minimum absolute atomic E-state index is 0.181. The van der Waals surface area contributed by atoms with E-state index in [0.29, 0.717) is 5.69 Å².